The Bertz CT molecular complexity index is 387. The molecule has 1 amide bonds. The molecule has 2 aliphatic heterocycles. The lowest BCUT2D eigenvalue weighted by Crippen LogP contribution is -2.49. The van der Waals surface area contributed by atoms with Crippen molar-refractivity contribution >= 4 is 5.91 Å². The van der Waals surface area contributed by atoms with Crippen LogP contribution in [0, 0.1) is 10.8 Å². The van der Waals surface area contributed by atoms with Crippen molar-refractivity contribution in [3.05, 3.63) is 0 Å². The van der Waals surface area contributed by atoms with Crippen LogP contribution >= 0.6 is 0 Å². The van der Waals surface area contributed by atoms with Crippen LogP contribution in [0.3, 0.4) is 0 Å². The molecule has 20 heavy (non-hydrogen) atoms. The number of hydrogen-bond acceptors (Lipinski definition) is 2. The van der Waals surface area contributed by atoms with Gasteiger partial charge in [-0.3, -0.25) is 4.79 Å². The Morgan fingerprint density at radius 3 is 2.50 bits per heavy atom. The Morgan fingerprint density at radius 1 is 1.35 bits per heavy atom. The van der Waals surface area contributed by atoms with Gasteiger partial charge in [0, 0.05) is 6.42 Å². The summed E-state index contributed by atoms with van der Waals surface area (Å²) in [5.41, 5.74) is -0.491. The van der Waals surface area contributed by atoms with Crippen molar-refractivity contribution in [3.63, 3.8) is 0 Å². The lowest BCUT2D eigenvalue weighted by Gasteiger charge is -2.36. The predicted octanol–water partition coefficient (Wildman–Crippen LogP) is 3.97. The monoisotopic (exact) mass is 281 g/mol. The first-order valence-electron chi connectivity index (χ1n) is 8.18. The smallest absolute Gasteiger partial charge is 0.231 e. The molecule has 3 heteroatoms. The van der Waals surface area contributed by atoms with E-state index in [4.69, 9.17) is 4.74 Å². The van der Waals surface area contributed by atoms with Crippen LogP contribution in [0.25, 0.3) is 0 Å². The minimum absolute atomic E-state index is 0.0714. The normalized spacial score (nSPS) is 37.6. The molecule has 2 heterocycles. The molecule has 0 unspecified atom stereocenters. The number of ether oxygens (including phenoxy) is 1. The van der Waals surface area contributed by atoms with Gasteiger partial charge in [0.25, 0.3) is 0 Å². The Morgan fingerprint density at radius 2 is 2.00 bits per heavy atom. The van der Waals surface area contributed by atoms with Gasteiger partial charge in [-0.2, -0.15) is 0 Å². The Kier molecular flexibility index (Phi) is 3.96. The number of carbonyl (C=O) groups excluding carboxylic acids is 1. The molecule has 2 saturated heterocycles. The third-order valence-corrected chi connectivity index (χ3v) is 5.40. The molecule has 3 nitrogen and oxygen atoms in total. The maximum atomic E-state index is 13.2. The molecule has 0 aliphatic carbocycles. The zero-order valence-electron chi connectivity index (χ0n) is 14.1. The van der Waals surface area contributed by atoms with Crippen LogP contribution in [-0.2, 0) is 9.53 Å². The van der Waals surface area contributed by atoms with Gasteiger partial charge in [-0.1, -0.05) is 47.5 Å². The van der Waals surface area contributed by atoms with Crippen molar-refractivity contribution in [1.82, 2.24) is 4.90 Å². The van der Waals surface area contributed by atoms with Gasteiger partial charge in [0.1, 0.15) is 5.72 Å². The lowest BCUT2D eigenvalue weighted by atomic mass is 9.77. The van der Waals surface area contributed by atoms with E-state index >= 15 is 0 Å². The van der Waals surface area contributed by atoms with Crippen LogP contribution in [0.4, 0.5) is 0 Å². The second kappa shape index (κ2) is 5.01. The maximum absolute atomic E-state index is 13.2. The first-order valence-corrected chi connectivity index (χ1v) is 8.18. The van der Waals surface area contributed by atoms with Crippen molar-refractivity contribution in [2.24, 2.45) is 10.8 Å². The Hall–Kier alpha value is -0.570. The summed E-state index contributed by atoms with van der Waals surface area (Å²) in [5, 5.41) is 0. The van der Waals surface area contributed by atoms with E-state index in [1.165, 1.54) is 0 Å². The van der Waals surface area contributed by atoms with Crippen LogP contribution in [0.15, 0.2) is 0 Å². The summed E-state index contributed by atoms with van der Waals surface area (Å²) in [7, 11) is 0. The van der Waals surface area contributed by atoms with Gasteiger partial charge in [-0.15, -0.1) is 0 Å². The standard InChI is InChI=1S/C17H31NO2/c1-7-9-10-17(8-2)12-16(6)18(14(17)19)13(11-20-16)15(3,4)5/h13H,7-12H2,1-6H3/t13-,16-,17-/m1/s1. The quantitative estimate of drug-likeness (QED) is 0.780. The van der Waals surface area contributed by atoms with E-state index in [-0.39, 0.29) is 22.6 Å². The third-order valence-electron chi connectivity index (χ3n) is 5.40. The van der Waals surface area contributed by atoms with Crippen molar-refractivity contribution in [3.8, 4) is 0 Å². The van der Waals surface area contributed by atoms with Gasteiger partial charge >= 0.3 is 0 Å². The molecular weight excluding hydrogens is 250 g/mol. The van der Waals surface area contributed by atoms with Gasteiger partial charge < -0.3 is 9.64 Å². The van der Waals surface area contributed by atoms with Gasteiger partial charge in [0.2, 0.25) is 5.91 Å². The number of fused-ring (bicyclic) bond motifs is 1. The lowest BCUT2D eigenvalue weighted by molar-refractivity contribution is -0.143. The minimum Gasteiger partial charge on any atom is -0.354 e. The summed E-state index contributed by atoms with van der Waals surface area (Å²) < 4.78 is 6.12. The number of rotatable bonds is 4. The highest BCUT2D eigenvalue weighted by Gasteiger charge is 2.63. The second-order valence-electron chi connectivity index (χ2n) is 7.96. The SMILES string of the molecule is CCCC[C@]1(CC)C[C@@]2(C)OC[C@H](C(C)(C)C)N2C1=O. The molecule has 0 saturated carbocycles. The fourth-order valence-electron chi connectivity index (χ4n) is 3.98. The summed E-state index contributed by atoms with van der Waals surface area (Å²) in [5.74, 6) is 0.341. The van der Waals surface area contributed by atoms with Gasteiger partial charge in [-0.05, 0) is 25.2 Å². The van der Waals surface area contributed by atoms with Gasteiger partial charge in [-0.25, -0.2) is 0 Å². The fourth-order valence-corrected chi connectivity index (χ4v) is 3.98. The van der Waals surface area contributed by atoms with Crippen LogP contribution < -0.4 is 0 Å². The number of unbranched alkanes of at least 4 members (excludes halogenated alkanes) is 1. The molecule has 0 radical (unpaired) electrons. The van der Waals surface area contributed by atoms with Crippen LogP contribution in [0.2, 0.25) is 0 Å². The molecule has 2 aliphatic rings. The van der Waals surface area contributed by atoms with Crippen LogP contribution in [0.5, 0.6) is 0 Å². The molecule has 0 bridgehead atoms. The summed E-state index contributed by atoms with van der Waals surface area (Å²) in [6, 6.07) is 0.204. The molecule has 0 aromatic rings. The van der Waals surface area contributed by atoms with Crippen molar-refractivity contribution in [2.75, 3.05) is 6.61 Å². The average Bonchev–Trinajstić information content (AvgIpc) is 2.79. The fraction of sp³-hybridized carbons (Fsp3) is 0.941. The zero-order valence-corrected chi connectivity index (χ0v) is 14.1. The highest BCUT2D eigenvalue weighted by molar-refractivity contribution is 5.86. The van der Waals surface area contributed by atoms with E-state index < -0.39 is 0 Å². The first-order chi connectivity index (χ1) is 9.20. The van der Waals surface area contributed by atoms with Crippen molar-refractivity contribution < 1.29 is 9.53 Å². The number of carbonyl (C=O) groups is 1. The predicted molar refractivity (Wildman–Crippen MR) is 81.3 cm³/mol. The molecule has 0 spiro atoms. The van der Waals surface area contributed by atoms with E-state index in [0.717, 1.165) is 32.1 Å². The van der Waals surface area contributed by atoms with E-state index in [2.05, 4.69) is 46.4 Å². The van der Waals surface area contributed by atoms with E-state index in [9.17, 15) is 4.79 Å². The zero-order chi connectivity index (χ0) is 15.2. The maximum Gasteiger partial charge on any atom is 0.231 e. The van der Waals surface area contributed by atoms with Crippen molar-refractivity contribution in [1.29, 1.82) is 0 Å². The summed E-state index contributed by atoms with van der Waals surface area (Å²) in [6.45, 7) is 13.8. The first kappa shape index (κ1) is 15.8. The van der Waals surface area contributed by atoms with E-state index in [0.29, 0.717) is 12.5 Å². The Balaban J connectivity index is 2.31. The Labute approximate surface area is 124 Å². The summed E-state index contributed by atoms with van der Waals surface area (Å²) in [6.07, 6.45) is 5.07. The molecule has 0 aromatic carbocycles. The molecule has 116 valence electrons. The van der Waals surface area contributed by atoms with E-state index in [1.807, 2.05) is 0 Å². The minimum atomic E-state index is -0.376. The van der Waals surface area contributed by atoms with Crippen LogP contribution in [0.1, 0.15) is 73.6 Å². The number of nitrogens with zero attached hydrogens (tertiary/aromatic N) is 1. The highest BCUT2D eigenvalue weighted by Crippen LogP contribution is 2.53. The van der Waals surface area contributed by atoms with E-state index in [1.54, 1.807) is 0 Å². The second-order valence-corrected chi connectivity index (χ2v) is 7.96. The molecule has 0 N–H and O–H groups in total. The summed E-state index contributed by atoms with van der Waals surface area (Å²) >= 11 is 0. The summed E-state index contributed by atoms with van der Waals surface area (Å²) in [4.78, 5) is 15.2. The largest absolute Gasteiger partial charge is 0.354 e. The van der Waals surface area contributed by atoms with Crippen LogP contribution in [-0.4, -0.2) is 29.2 Å². The molecule has 2 fully saturated rings. The molecular formula is C17H31NO2. The van der Waals surface area contributed by atoms with Crippen molar-refractivity contribution in [2.45, 2.75) is 85.4 Å². The average molecular weight is 281 g/mol. The third kappa shape index (κ3) is 2.28. The molecule has 3 atom stereocenters. The molecule has 0 aromatic heterocycles. The topological polar surface area (TPSA) is 29.5 Å². The number of hydrogen-bond donors (Lipinski definition) is 0. The number of amides is 1. The van der Waals surface area contributed by atoms with Gasteiger partial charge in [0.15, 0.2) is 0 Å². The molecule has 2 rings (SSSR count). The highest BCUT2D eigenvalue weighted by atomic mass is 16.5. The van der Waals surface area contributed by atoms with Gasteiger partial charge in [0.05, 0.1) is 18.1 Å².